The number of halogens is 2. The second-order valence-electron chi connectivity index (χ2n) is 9.09. The molecule has 0 saturated carbocycles. The molecule has 1 N–H and O–H groups in total. The van der Waals surface area contributed by atoms with Crippen LogP contribution < -0.4 is 10.1 Å². The second-order valence-corrected chi connectivity index (χ2v) is 9.50. The van der Waals surface area contributed by atoms with Gasteiger partial charge in [-0.3, -0.25) is 9.59 Å². The van der Waals surface area contributed by atoms with Gasteiger partial charge in [0.05, 0.1) is 12.4 Å². The SMILES string of the molecule is O=C(Nc1ccc(Oc2ccc(F)cc2)cc1)C1CC(Cc2ccccc2Cl)CN1C(=O)Cn1nccn1. The molecule has 1 fully saturated rings. The first kappa shape index (κ1) is 25.4. The van der Waals surface area contributed by atoms with Gasteiger partial charge in [0.25, 0.3) is 0 Å². The van der Waals surface area contributed by atoms with Crippen molar-refractivity contribution in [3.05, 3.63) is 102 Å². The molecule has 38 heavy (non-hydrogen) atoms. The summed E-state index contributed by atoms with van der Waals surface area (Å²) in [7, 11) is 0. The molecule has 1 saturated heterocycles. The Kier molecular flexibility index (Phi) is 7.65. The second kappa shape index (κ2) is 11.4. The average molecular weight is 534 g/mol. The summed E-state index contributed by atoms with van der Waals surface area (Å²) in [6.07, 6.45) is 4.17. The number of nitrogens with one attached hydrogen (secondary N) is 1. The molecule has 0 aliphatic carbocycles. The number of carbonyl (C=O) groups is 2. The van der Waals surface area contributed by atoms with E-state index in [4.69, 9.17) is 16.3 Å². The van der Waals surface area contributed by atoms with E-state index in [-0.39, 0.29) is 30.1 Å². The Balaban J connectivity index is 1.27. The van der Waals surface area contributed by atoms with Gasteiger partial charge in [-0.05, 0) is 78.9 Å². The number of benzene rings is 3. The Morgan fingerprint density at radius 2 is 1.63 bits per heavy atom. The summed E-state index contributed by atoms with van der Waals surface area (Å²) in [4.78, 5) is 29.4. The smallest absolute Gasteiger partial charge is 0.247 e. The van der Waals surface area contributed by atoms with Crippen LogP contribution in [-0.2, 0) is 22.6 Å². The minimum absolute atomic E-state index is 0.0506. The first-order valence-electron chi connectivity index (χ1n) is 12.2. The lowest BCUT2D eigenvalue weighted by Crippen LogP contribution is -2.44. The van der Waals surface area contributed by atoms with Crippen molar-refractivity contribution in [2.75, 3.05) is 11.9 Å². The quantitative estimate of drug-likeness (QED) is 0.346. The standard InChI is InChI=1S/C28H25ClFN5O3/c29-25-4-2-1-3-20(25)15-19-16-26(34(17-19)27(36)18-35-31-13-14-32-35)28(37)33-22-7-11-24(12-8-22)38-23-9-5-21(30)6-10-23/h1-14,19,26H,15-18H2,(H,33,37). The largest absolute Gasteiger partial charge is 0.457 e. The third-order valence-electron chi connectivity index (χ3n) is 6.39. The fourth-order valence-electron chi connectivity index (χ4n) is 4.58. The molecule has 2 heterocycles. The zero-order chi connectivity index (χ0) is 26.5. The zero-order valence-electron chi connectivity index (χ0n) is 20.3. The Bertz CT molecular complexity index is 1400. The van der Waals surface area contributed by atoms with E-state index >= 15 is 0 Å². The Labute approximate surface area is 224 Å². The maximum absolute atomic E-state index is 13.4. The van der Waals surface area contributed by atoms with Gasteiger partial charge in [-0.1, -0.05) is 29.8 Å². The summed E-state index contributed by atoms with van der Waals surface area (Å²) in [5, 5.41) is 11.6. The van der Waals surface area contributed by atoms with Crippen molar-refractivity contribution in [2.45, 2.75) is 25.4 Å². The van der Waals surface area contributed by atoms with E-state index in [0.717, 1.165) is 5.56 Å². The van der Waals surface area contributed by atoms with Crippen LogP contribution in [0, 0.1) is 11.7 Å². The predicted molar refractivity (Wildman–Crippen MR) is 140 cm³/mol. The van der Waals surface area contributed by atoms with Gasteiger partial charge < -0.3 is 15.0 Å². The number of ether oxygens (including phenoxy) is 1. The molecule has 1 aromatic heterocycles. The Morgan fingerprint density at radius 1 is 0.974 bits per heavy atom. The molecule has 4 aromatic rings. The first-order valence-corrected chi connectivity index (χ1v) is 12.5. The number of carbonyl (C=O) groups excluding carboxylic acids is 2. The fraction of sp³-hybridized carbons (Fsp3) is 0.214. The van der Waals surface area contributed by atoms with Crippen LogP contribution in [0.2, 0.25) is 5.02 Å². The summed E-state index contributed by atoms with van der Waals surface area (Å²) >= 11 is 6.37. The molecule has 0 radical (unpaired) electrons. The number of likely N-dealkylation sites (tertiary alicyclic amines) is 1. The zero-order valence-corrected chi connectivity index (χ0v) is 21.1. The van der Waals surface area contributed by atoms with E-state index in [1.165, 1.54) is 41.5 Å². The monoisotopic (exact) mass is 533 g/mol. The van der Waals surface area contributed by atoms with Crippen LogP contribution in [0.3, 0.4) is 0 Å². The summed E-state index contributed by atoms with van der Waals surface area (Å²) in [5.41, 5.74) is 1.55. The van der Waals surface area contributed by atoms with Crippen LogP contribution >= 0.6 is 11.6 Å². The van der Waals surface area contributed by atoms with Crippen molar-refractivity contribution in [3.8, 4) is 11.5 Å². The molecule has 2 atom stereocenters. The molecule has 0 spiro atoms. The van der Waals surface area contributed by atoms with Gasteiger partial charge in [0.15, 0.2) is 0 Å². The molecule has 5 rings (SSSR count). The molecule has 8 nitrogen and oxygen atoms in total. The van der Waals surface area contributed by atoms with E-state index < -0.39 is 6.04 Å². The van der Waals surface area contributed by atoms with Gasteiger partial charge in [0.2, 0.25) is 11.8 Å². The van der Waals surface area contributed by atoms with E-state index in [0.29, 0.717) is 41.6 Å². The maximum Gasteiger partial charge on any atom is 0.247 e. The maximum atomic E-state index is 13.4. The van der Waals surface area contributed by atoms with Crippen LogP contribution in [-0.4, -0.2) is 44.3 Å². The van der Waals surface area contributed by atoms with Gasteiger partial charge >= 0.3 is 0 Å². The number of rotatable bonds is 8. The first-order chi connectivity index (χ1) is 18.4. The molecule has 10 heteroatoms. The molecule has 1 aliphatic heterocycles. The van der Waals surface area contributed by atoms with Gasteiger partial charge in [0, 0.05) is 17.3 Å². The molecule has 2 unspecified atom stereocenters. The van der Waals surface area contributed by atoms with Crippen LogP contribution in [0.5, 0.6) is 11.5 Å². The van der Waals surface area contributed by atoms with E-state index in [2.05, 4.69) is 15.5 Å². The highest BCUT2D eigenvalue weighted by molar-refractivity contribution is 6.31. The lowest BCUT2D eigenvalue weighted by Gasteiger charge is -2.24. The highest BCUT2D eigenvalue weighted by Gasteiger charge is 2.39. The topological polar surface area (TPSA) is 89.4 Å². The number of aromatic nitrogens is 3. The molecular formula is C28H25ClFN5O3. The number of hydrogen-bond donors (Lipinski definition) is 1. The van der Waals surface area contributed by atoms with Crippen LogP contribution in [0.4, 0.5) is 10.1 Å². The summed E-state index contributed by atoms with van der Waals surface area (Å²) < 4.78 is 18.8. The number of amides is 2. The van der Waals surface area contributed by atoms with Crippen molar-refractivity contribution >= 4 is 29.1 Å². The van der Waals surface area contributed by atoms with Crippen molar-refractivity contribution < 1.29 is 18.7 Å². The van der Waals surface area contributed by atoms with Crippen LogP contribution in [0.1, 0.15) is 12.0 Å². The minimum Gasteiger partial charge on any atom is -0.457 e. The molecule has 0 bridgehead atoms. The van der Waals surface area contributed by atoms with E-state index in [1.807, 2.05) is 24.3 Å². The Hall–Kier alpha value is -4.24. The summed E-state index contributed by atoms with van der Waals surface area (Å²) in [5.74, 6) is 0.251. The van der Waals surface area contributed by atoms with Crippen molar-refractivity contribution in [1.82, 2.24) is 19.9 Å². The molecule has 194 valence electrons. The number of nitrogens with zero attached hydrogens (tertiary/aromatic N) is 4. The normalized spacial score (nSPS) is 16.8. The van der Waals surface area contributed by atoms with Gasteiger partial charge in [0.1, 0.15) is 29.9 Å². The van der Waals surface area contributed by atoms with Gasteiger partial charge in [-0.25, -0.2) is 4.39 Å². The van der Waals surface area contributed by atoms with E-state index in [1.54, 1.807) is 29.2 Å². The van der Waals surface area contributed by atoms with Crippen molar-refractivity contribution in [1.29, 1.82) is 0 Å². The lowest BCUT2D eigenvalue weighted by molar-refractivity contribution is -0.137. The fourth-order valence-corrected chi connectivity index (χ4v) is 4.79. The summed E-state index contributed by atoms with van der Waals surface area (Å²) in [6.45, 7) is 0.374. The molecule has 1 aliphatic rings. The predicted octanol–water partition coefficient (Wildman–Crippen LogP) is 4.96. The Morgan fingerprint density at radius 3 is 2.32 bits per heavy atom. The van der Waals surface area contributed by atoms with Crippen molar-refractivity contribution in [3.63, 3.8) is 0 Å². The number of hydrogen-bond acceptors (Lipinski definition) is 5. The third-order valence-corrected chi connectivity index (χ3v) is 6.76. The van der Waals surface area contributed by atoms with Crippen LogP contribution in [0.15, 0.2) is 85.2 Å². The van der Waals surface area contributed by atoms with Gasteiger partial charge in [-0.2, -0.15) is 15.0 Å². The summed E-state index contributed by atoms with van der Waals surface area (Å²) in [6, 6.07) is 19.5. The van der Waals surface area contributed by atoms with Crippen molar-refractivity contribution in [2.24, 2.45) is 5.92 Å². The highest BCUT2D eigenvalue weighted by atomic mass is 35.5. The minimum atomic E-state index is -0.652. The highest BCUT2D eigenvalue weighted by Crippen LogP contribution is 2.30. The molecular weight excluding hydrogens is 509 g/mol. The van der Waals surface area contributed by atoms with E-state index in [9.17, 15) is 14.0 Å². The molecule has 3 aromatic carbocycles. The lowest BCUT2D eigenvalue weighted by atomic mass is 9.96. The van der Waals surface area contributed by atoms with Crippen LogP contribution in [0.25, 0.3) is 0 Å². The number of anilines is 1. The van der Waals surface area contributed by atoms with Gasteiger partial charge in [-0.15, -0.1) is 0 Å². The third kappa shape index (κ3) is 6.18. The molecule has 2 amide bonds. The average Bonchev–Trinajstić information content (AvgIpc) is 3.58.